The normalized spacial score (nSPS) is 19.9. The first kappa shape index (κ1) is 16.2. The summed E-state index contributed by atoms with van der Waals surface area (Å²) in [5.41, 5.74) is 0. The van der Waals surface area contributed by atoms with Crippen LogP contribution >= 0.6 is 0 Å². The maximum Gasteiger partial charge on any atom is 0.246 e. The third-order valence-corrected chi connectivity index (χ3v) is 6.89. The fourth-order valence-electron chi connectivity index (χ4n) is 2.19. The Morgan fingerprint density at radius 1 is 1.33 bits per heavy atom. The summed E-state index contributed by atoms with van der Waals surface area (Å²) in [6.07, 6.45) is 1.84. The second-order valence-electron chi connectivity index (χ2n) is 4.79. The number of sulfonamides is 1. The van der Waals surface area contributed by atoms with E-state index >= 15 is 0 Å². The minimum atomic E-state index is -3.74. The van der Waals surface area contributed by atoms with E-state index in [9.17, 15) is 16.8 Å². The number of pyridine rings is 1. The van der Waals surface area contributed by atoms with Crippen LogP contribution in [0, 0.1) is 0 Å². The molecule has 21 heavy (non-hydrogen) atoms. The quantitative estimate of drug-likeness (QED) is 0.852. The van der Waals surface area contributed by atoms with Crippen LogP contribution in [-0.4, -0.2) is 57.3 Å². The van der Waals surface area contributed by atoms with Crippen molar-refractivity contribution in [2.75, 3.05) is 36.5 Å². The average Bonchev–Trinajstić information content (AvgIpc) is 2.61. The van der Waals surface area contributed by atoms with Crippen LogP contribution in [0.5, 0.6) is 0 Å². The van der Waals surface area contributed by atoms with Crippen LogP contribution in [0.25, 0.3) is 0 Å². The summed E-state index contributed by atoms with van der Waals surface area (Å²) in [5, 5.41) is 2.92. The van der Waals surface area contributed by atoms with Crippen molar-refractivity contribution < 1.29 is 16.8 Å². The zero-order chi connectivity index (χ0) is 15.5. The van der Waals surface area contributed by atoms with E-state index in [1.54, 1.807) is 6.07 Å². The lowest BCUT2D eigenvalue weighted by Crippen LogP contribution is -2.34. The highest BCUT2D eigenvalue weighted by atomic mass is 32.2. The number of nitrogens with one attached hydrogen (secondary N) is 1. The fourth-order valence-corrected chi connectivity index (χ4v) is 5.18. The van der Waals surface area contributed by atoms with Crippen LogP contribution in [0.1, 0.15) is 13.3 Å². The summed E-state index contributed by atoms with van der Waals surface area (Å²) in [6.45, 7) is 2.60. The molecule has 1 fully saturated rings. The van der Waals surface area contributed by atoms with Gasteiger partial charge in [0, 0.05) is 25.8 Å². The fraction of sp³-hybridized carbons (Fsp3) is 0.583. The summed E-state index contributed by atoms with van der Waals surface area (Å²) in [4.78, 5) is 4.14. The van der Waals surface area contributed by atoms with Crippen LogP contribution in [0.3, 0.4) is 0 Å². The molecule has 0 radical (unpaired) electrons. The summed E-state index contributed by atoms with van der Waals surface area (Å²) in [5.74, 6) is 0.196. The molecule has 2 heterocycles. The van der Waals surface area contributed by atoms with Crippen molar-refractivity contribution in [2.24, 2.45) is 0 Å². The molecule has 1 N–H and O–H groups in total. The Hall–Kier alpha value is -1.19. The summed E-state index contributed by atoms with van der Waals surface area (Å²) in [7, 11) is -6.90. The largest absolute Gasteiger partial charge is 0.369 e. The van der Waals surface area contributed by atoms with Gasteiger partial charge >= 0.3 is 0 Å². The second-order valence-corrected chi connectivity index (χ2v) is 9.00. The van der Waals surface area contributed by atoms with E-state index in [0.29, 0.717) is 18.8 Å². The zero-order valence-electron chi connectivity index (χ0n) is 11.8. The van der Waals surface area contributed by atoms with Crippen molar-refractivity contribution in [2.45, 2.75) is 18.2 Å². The topological polar surface area (TPSA) is 96.4 Å². The van der Waals surface area contributed by atoms with Crippen molar-refractivity contribution in [3.63, 3.8) is 0 Å². The molecular weight excluding hydrogens is 314 g/mol. The van der Waals surface area contributed by atoms with Crippen molar-refractivity contribution >= 4 is 25.7 Å². The molecule has 1 saturated heterocycles. The van der Waals surface area contributed by atoms with E-state index in [1.807, 2.05) is 6.92 Å². The van der Waals surface area contributed by atoms with E-state index in [4.69, 9.17) is 0 Å². The Kier molecular flexibility index (Phi) is 4.84. The Balaban J connectivity index is 2.34. The number of anilines is 1. The van der Waals surface area contributed by atoms with E-state index in [-0.39, 0.29) is 29.5 Å². The predicted molar refractivity (Wildman–Crippen MR) is 80.4 cm³/mol. The lowest BCUT2D eigenvalue weighted by molar-refractivity contribution is 0.435. The Bertz CT molecular complexity index is 701. The second kappa shape index (κ2) is 6.29. The smallest absolute Gasteiger partial charge is 0.246 e. The van der Waals surface area contributed by atoms with Gasteiger partial charge in [-0.2, -0.15) is 4.31 Å². The van der Waals surface area contributed by atoms with Gasteiger partial charge in [-0.25, -0.2) is 21.8 Å². The summed E-state index contributed by atoms with van der Waals surface area (Å²) in [6, 6.07) is 3.04. The van der Waals surface area contributed by atoms with E-state index < -0.39 is 19.9 Å². The molecule has 0 aliphatic carbocycles. The van der Waals surface area contributed by atoms with Gasteiger partial charge in [-0.15, -0.1) is 0 Å². The van der Waals surface area contributed by atoms with Gasteiger partial charge < -0.3 is 5.32 Å². The number of aromatic nitrogens is 1. The van der Waals surface area contributed by atoms with Gasteiger partial charge in [0.15, 0.2) is 9.84 Å². The molecule has 2 rings (SSSR count). The molecule has 118 valence electrons. The van der Waals surface area contributed by atoms with Crippen LogP contribution in [0.15, 0.2) is 23.2 Å². The molecule has 1 aliphatic heterocycles. The molecule has 1 aliphatic rings. The number of sulfone groups is 1. The number of hydrogen-bond acceptors (Lipinski definition) is 6. The first-order valence-electron chi connectivity index (χ1n) is 6.76. The Morgan fingerprint density at radius 3 is 2.81 bits per heavy atom. The van der Waals surface area contributed by atoms with Crippen LogP contribution in [-0.2, 0) is 19.9 Å². The molecule has 0 saturated carbocycles. The molecule has 0 aromatic carbocycles. The molecule has 0 amide bonds. The standard InChI is InChI=1S/C12H19N3O4S2/c1-2-13-12-11(5-3-6-14-12)21(18,19)15-7-4-9-20(16,17)10-8-15/h3,5-6H,2,4,7-10H2,1H3,(H,13,14). The third-order valence-electron chi connectivity index (χ3n) is 3.25. The van der Waals surface area contributed by atoms with E-state index in [0.717, 1.165) is 0 Å². The van der Waals surface area contributed by atoms with Gasteiger partial charge in [-0.1, -0.05) is 0 Å². The minimum Gasteiger partial charge on any atom is -0.369 e. The van der Waals surface area contributed by atoms with Crippen molar-refractivity contribution in [3.8, 4) is 0 Å². The molecule has 7 nitrogen and oxygen atoms in total. The monoisotopic (exact) mass is 333 g/mol. The Morgan fingerprint density at radius 2 is 2.10 bits per heavy atom. The van der Waals surface area contributed by atoms with Gasteiger partial charge in [-0.3, -0.25) is 0 Å². The summed E-state index contributed by atoms with van der Waals surface area (Å²) < 4.78 is 49.8. The molecule has 0 bridgehead atoms. The maximum absolute atomic E-state index is 12.7. The molecule has 9 heteroatoms. The first-order valence-corrected chi connectivity index (χ1v) is 10.0. The molecule has 0 spiro atoms. The highest BCUT2D eigenvalue weighted by Gasteiger charge is 2.30. The van der Waals surface area contributed by atoms with Crippen molar-refractivity contribution in [1.29, 1.82) is 0 Å². The lowest BCUT2D eigenvalue weighted by Gasteiger charge is -2.20. The number of nitrogens with zero attached hydrogens (tertiary/aromatic N) is 2. The average molecular weight is 333 g/mol. The van der Waals surface area contributed by atoms with E-state index in [1.165, 1.54) is 16.6 Å². The third kappa shape index (κ3) is 3.72. The molecule has 1 aromatic heterocycles. The predicted octanol–water partition coefficient (Wildman–Crippen LogP) is 0.323. The van der Waals surface area contributed by atoms with Crippen LogP contribution in [0.2, 0.25) is 0 Å². The van der Waals surface area contributed by atoms with Gasteiger partial charge in [-0.05, 0) is 25.5 Å². The van der Waals surface area contributed by atoms with Gasteiger partial charge in [0.1, 0.15) is 10.7 Å². The molecule has 1 aromatic rings. The highest BCUT2D eigenvalue weighted by molar-refractivity contribution is 7.91. The molecule has 0 atom stereocenters. The molecular formula is C12H19N3O4S2. The SMILES string of the molecule is CCNc1ncccc1S(=O)(=O)N1CCCS(=O)(=O)CC1. The van der Waals surface area contributed by atoms with Crippen LogP contribution in [0.4, 0.5) is 5.82 Å². The van der Waals surface area contributed by atoms with Gasteiger partial charge in [0.05, 0.1) is 11.5 Å². The minimum absolute atomic E-state index is 0.00880. The number of rotatable bonds is 4. The summed E-state index contributed by atoms with van der Waals surface area (Å²) >= 11 is 0. The Labute approximate surface area is 125 Å². The van der Waals surface area contributed by atoms with Crippen molar-refractivity contribution in [3.05, 3.63) is 18.3 Å². The first-order chi connectivity index (χ1) is 9.87. The van der Waals surface area contributed by atoms with Crippen LogP contribution < -0.4 is 5.32 Å². The highest BCUT2D eigenvalue weighted by Crippen LogP contribution is 2.23. The lowest BCUT2D eigenvalue weighted by atomic mass is 10.4. The van der Waals surface area contributed by atoms with Gasteiger partial charge in [0.25, 0.3) is 0 Å². The van der Waals surface area contributed by atoms with Gasteiger partial charge in [0.2, 0.25) is 10.0 Å². The van der Waals surface area contributed by atoms with E-state index in [2.05, 4.69) is 10.3 Å². The van der Waals surface area contributed by atoms with Crippen molar-refractivity contribution in [1.82, 2.24) is 9.29 Å². The number of hydrogen-bond donors (Lipinski definition) is 1. The molecule has 0 unspecified atom stereocenters. The zero-order valence-corrected chi connectivity index (χ0v) is 13.5. The maximum atomic E-state index is 12.7.